The van der Waals surface area contributed by atoms with Crippen LogP contribution in [-0.2, 0) is 5.75 Å². The van der Waals surface area contributed by atoms with Crippen LogP contribution < -0.4 is 4.74 Å². The van der Waals surface area contributed by atoms with Gasteiger partial charge in [0.25, 0.3) is 0 Å². The van der Waals surface area contributed by atoms with Crippen molar-refractivity contribution in [2.75, 3.05) is 7.11 Å². The lowest BCUT2D eigenvalue weighted by Gasteiger charge is -2.07. The molecule has 1 aromatic heterocycles. The fraction of sp³-hybridized carbons (Fsp3) is 0.118. The summed E-state index contributed by atoms with van der Waals surface area (Å²) < 4.78 is 5.26. The summed E-state index contributed by atoms with van der Waals surface area (Å²) in [5.74, 6) is 1.83. The maximum Gasteiger partial charge on any atom is 0.119 e. The molecule has 0 atom stereocenters. The van der Waals surface area contributed by atoms with Gasteiger partial charge in [-0.25, -0.2) is 0 Å². The van der Waals surface area contributed by atoms with E-state index in [1.165, 1.54) is 15.8 Å². The minimum absolute atomic E-state index is 0.905. The van der Waals surface area contributed by atoms with Crippen LogP contribution in [0.2, 0.25) is 0 Å². The van der Waals surface area contributed by atoms with Crippen molar-refractivity contribution < 1.29 is 4.74 Å². The number of pyridine rings is 1. The highest BCUT2D eigenvalue weighted by molar-refractivity contribution is 7.98. The zero-order chi connectivity index (χ0) is 13.8. The molecule has 2 nitrogen and oxygen atoms in total. The minimum atomic E-state index is 0.905. The van der Waals surface area contributed by atoms with Gasteiger partial charge in [-0.2, -0.15) is 0 Å². The number of fused-ring (bicyclic) bond motifs is 1. The number of nitrogens with zero attached hydrogens (tertiary/aromatic N) is 1. The van der Waals surface area contributed by atoms with Crippen molar-refractivity contribution >= 4 is 22.7 Å². The van der Waals surface area contributed by atoms with E-state index < -0.39 is 0 Å². The summed E-state index contributed by atoms with van der Waals surface area (Å²) >= 11 is 1.83. The quantitative estimate of drug-likeness (QED) is 0.656. The lowest BCUT2D eigenvalue weighted by atomic mass is 10.2. The molecule has 0 amide bonds. The van der Waals surface area contributed by atoms with Gasteiger partial charge in [-0.05, 0) is 29.8 Å². The van der Waals surface area contributed by atoms with Crippen LogP contribution in [0.25, 0.3) is 10.9 Å². The van der Waals surface area contributed by atoms with Crippen molar-refractivity contribution in [3.63, 3.8) is 0 Å². The lowest BCUT2D eigenvalue weighted by Crippen LogP contribution is -1.86. The number of aromatic nitrogens is 1. The second-order valence-electron chi connectivity index (χ2n) is 4.47. The van der Waals surface area contributed by atoms with Crippen molar-refractivity contribution in [1.82, 2.24) is 4.98 Å². The predicted octanol–water partition coefficient (Wildman–Crippen LogP) is 4.54. The summed E-state index contributed by atoms with van der Waals surface area (Å²) in [6, 6.07) is 18.5. The largest absolute Gasteiger partial charge is 0.497 e. The first-order valence-corrected chi connectivity index (χ1v) is 7.45. The Labute approximate surface area is 122 Å². The molecule has 0 saturated carbocycles. The lowest BCUT2D eigenvalue weighted by molar-refractivity contribution is 0.414. The first kappa shape index (κ1) is 13.0. The fourth-order valence-electron chi connectivity index (χ4n) is 2.12. The molecule has 3 heteroatoms. The predicted molar refractivity (Wildman–Crippen MR) is 84.3 cm³/mol. The molecule has 0 aliphatic heterocycles. The van der Waals surface area contributed by atoms with Gasteiger partial charge in [0, 0.05) is 22.2 Å². The van der Waals surface area contributed by atoms with Crippen LogP contribution in [0.5, 0.6) is 5.75 Å². The molecule has 0 fully saturated rings. The standard InChI is InChI=1S/C17H15NOS/c1-19-14-6-4-5-13(11-14)12-20-17-9-10-18-16-8-3-2-7-15(16)17/h2-11H,12H2,1H3. The van der Waals surface area contributed by atoms with Gasteiger partial charge < -0.3 is 4.74 Å². The van der Waals surface area contributed by atoms with E-state index in [4.69, 9.17) is 4.74 Å². The Morgan fingerprint density at radius 2 is 1.95 bits per heavy atom. The summed E-state index contributed by atoms with van der Waals surface area (Å²) in [5, 5.41) is 1.21. The highest BCUT2D eigenvalue weighted by Gasteiger charge is 2.03. The van der Waals surface area contributed by atoms with Crippen LogP contribution in [0.3, 0.4) is 0 Å². The Morgan fingerprint density at radius 1 is 1.05 bits per heavy atom. The van der Waals surface area contributed by atoms with Crippen molar-refractivity contribution in [1.29, 1.82) is 0 Å². The number of rotatable bonds is 4. The Bertz CT molecular complexity index is 722. The third-order valence-electron chi connectivity index (χ3n) is 3.14. The SMILES string of the molecule is COc1cccc(CSc2ccnc3ccccc23)c1. The molecule has 0 unspecified atom stereocenters. The third-order valence-corrected chi connectivity index (χ3v) is 4.28. The van der Waals surface area contributed by atoms with Gasteiger partial charge in [-0.15, -0.1) is 11.8 Å². The highest BCUT2D eigenvalue weighted by Crippen LogP contribution is 2.29. The molecule has 0 N–H and O–H groups in total. The molecule has 3 aromatic rings. The number of thioether (sulfide) groups is 1. The first-order valence-electron chi connectivity index (χ1n) is 6.46. The van der Waals surface area contributed by atoms with Gasteiger partial charge in [0.05, 0.1) is 12.6 Å². The van der Waals surface area contributed by atoms with Crippen molar-refractivity contribution in [3.05, 3.63) is 66.4 Å². The van der Waals surface area contributed by atoms with E-state index in [-0.39, 0.29) is 0 Å². The van der Waals surface area contributed by atoms with Crippen LogP contribution in [0.15, 0.2) is 65.7 Å². The van der Waals surface area contributed by atoms with Gasteiger partial charge in [-0.3, -0.25) is 4.98 Å². The number of para-hydroxylation sites is 1. The molecular weight excluding hydrogens is 266 g/mol. The molecule has 1 heterocycles. The summed E-state index contributed by atoms with van der Waals surface area (Å²) in [4.78, 5) is 5.65. The van der Waals surface area contributed by atoms with E-state index in [0.717, 1.165) is 17.0 Å². The van der Waals surface area contributed by atoms with Crippen LogP contribution in [-0.4, -0.2) is 12.1 Å². The molecular formula is C17H15NOS. The fourth-order valence-corrected chi connectivity index (χ4v) is 3.11. The maximum atomic E-state index is 5.26. The van der Waals surface area contributed by atoms with Gasteiger partial charge in [0.15, 0.2) is 0 Å². The Morgan fingerprint density at radius 3 is 2.85 bits per heavy atom. The number of hydrogen-bond donors (Lipinski definition) is 0. The molecule has 2 aromatic carbocycles. The number of ether oxygens (including phenoxy) is 1. The number of hydrogen-bond acceptors (Lipinski definition) is 3. The van der Waals surface area contributed by atoms with Crippen LogP contribution in [0.4, 0.5) is 0 Å². The van der Waals surface area contributed by atoms with E-state index in [2.05, 4.69) is 35.3 Å². The zero-order valence-corrected chi connectivity index (χ0v) is 12.1. The summed E-state index contributed by atoms with van der Waals surface area (Å²) in [6.45, 7) is 0. The van der Waals surface area contributed by atoms with Gasteiger partial charge in [0.2, 0.25) is 0 Å². The normalized spacial score (nSPS) is 10.7. The van der Waals surface area contributed by atoms with Crippen molar-refractivity contribution in [3.8, 4) is 5.75 Å². The van der Waals surface area contributed by atoms with Crippen LogP contribution in [0.1, 0.15) is 5.56 Å². The Kier molecular flexibility index (Phi) is 3.88. The van der Waals surface area contributed by atoms with Gasteiger partial charge >= 0.3 is 0 Å². The monoisotopic (exact) mass is 281 g/mol. The molecule has 0 aliphatic rings. The number of benzene rings is 2. The van der Waals surface area contributed by atoms with E-state index in [0.29, 0.717) is 0 Å². The first-order chi connectivity index (χ1) is 9.86. The van der Waals surface area contributed by atoms with Crippen molar-refractivity contribution in [2.24, 2.45) is 0 Å². The second-order valence-corrected chi connectivity index (χ2v) is 5.48. The third kappa shape index (κ3) is 2.78. The molecule has 3 rings (SSSR count). The van der Waals surface area contributed by atoms with Gasteiger partial charge in [-0.1, -0.05) is 30.3 Å². The highest BCUT2D eigenvalue weighted by atomic mass is 32.2. The average molecular weight is 281 g/mol. The van der Waals surface area contributed by atoms with Crippen molar-refractivity contribution in [2.45, 2.75) is 10.6 Å². The second kappa shape index (κ2) is 5.97. The van der Waals surface area contributed by atoms with Crippen LogP contribution >= 0.6 is 11.8 Å². The molecule has 0 saturated heterocycles. The smallest absolute Gasteiger partial charge is 0.119 e. The van der Waals surface area contributed by atoms with E-state index >= 15 is 0 Å². The van der Waals surface area contributed by atoms with Crippen LogP contribution in [0, 0.1) is 0 Å². The van der Waals surface area contributed by atoms with E-state index in [9.17, 15) is 0 Å². The molecule has 0 spiro atoms. The summed E-state index contributed by atoms with van der Waals surface area (Å²) in [6.07, 6.45) is 1.87. The molecule has 0 radical (unpaired) electrons. The topological polar surface area (TPSA) is 22.1 Å². The van der Waals surface area contributed by atoms with E-state index in [1.807, 2.05) is 42.2 Å². The summed E-state index contributed by atoms with van der Waals surface area (Å²) in [5.41, 5.74) is 2.30. The average Bonchev–Trinajstić information content (AvgIpc) is 2.53. The zero-order valence-electron chi connectivity index (χ0n) is 11.2. The molecule has 0 aliphatic carbocycles. The Hall–Kier alpha value is -2.00. The molecule has 100 valence electrons. The van der Waals surface area contributed by atoms with E-state index in [1.54, 1.807) is 7.11 Å². The molecule has 0 bridgehead atoms. The minimum Gasteiger partial charge on any atom is -0.497 e. The summed E-state index contributed by atoms with van der Waals surface area (Å²) in [7, 11) is 1.70. The van der Waals surface area contributed by atoms with Gasteiger partial charge in [0.1, 0.15) is 5.75 Å². The maximum absolute atomic E-state index is 5.26. The molecule has 20 heavy (non-hydrogen) atoms. The Balaban J connectivity index is 1.83. The number of methoxy groups -OCH3 is 1.